The van der Waals surface area contributed by atoms with Crippen molar-refractivity contribution < 1.29 is 9.53 Å². The highest BCUT2D eigenvalue weighted by Crippen LogP contribution is 2.42. The first-order valence-corrected chi connectivity index (χ1v) is 8.05. The number of methoxy groups -OCH3 is 1. The highest BCUT2D eigenvalue weighted by Gasteiger charge is 2.34. The van der Waals surface area contributed by atoms with Crippen LogP contribution in [0.2, 0.25) is 5.15 Å². The third kappa shape index (κ3) is 2.70. The van der Waals surface area contributed by atoms with Crippen LogP contribution in [0.15, 0.2) is 18.6 Å². The molecular weight excluding hydrogens is 302 g/mol. The number of ether oxygens (including phenoxy) is 1. The van der Waals surface area contributed by atoms with Crippen molar-refractivity contribution in [1.29, 1.82) is 0 Å². The van der Waals surface area contributed by atoms with Crippen molar-refractivity contribution in [3.8, 4) is 0 Å². The minimum Gasteiger partial charge on any atom is -0.469 e. The van der Waals surface area contributed by atoms with Gasteiger partial charge in [-0.2, -0.15) is 0 Å². The van der Waals surface area contributed by atoms with Gasteiger partial charge in [-0.05, 0) is 25.2 Å². The Morgan fingerprint density at radius 3 is 3.09 bits per heavy atom. The summed E-state index contributed by atoms with van der Waals surface area (Å²) in [6.45, 7) is 1.94. The fourth-order valence-electron chi connectivity index (χ4n) is 3.60. The standard InChI is InChI=1S/C16H20ClN3O2/c1-10(16(21)22-2)8-11-4-3-5-12(11)15-19-9-13-14(17)18-6-7-20(13)15/h6-7,9-12H,3-5,8H2,1-2H3. The molecule has 0 bridgehead atoms. The summed E-state index contributed by atoms with van der Waals surface area (Å²) in [5.41, 5.74) is 0.839. The summed E-state index contributed by atoms with van der Waals surface area (Å²) < 4.78 is 6.88. The molecule has 0 N–H and O–H groups in total. The average molecular weight is 322 g/mol. The molecule has 118 valence electrons. The highest BCUT2D eigenvalue weighted by atomic mass is 35.5. The Kier molecular flexibility index (Phi) is 4.34. The lowest BCUT2D eigenvalue weighted by Crippen LogP contribution is -2.19. The van der Waals surface area contributed by atoms with Gasteiger partial charge in [0.2, 0.25) is 0 Å². The van der Waals surface area contributed by atoms with Gasteiger partial charge in [-0.15, -0.1) is 0 Å². The molecule has 3 rings (SSSR count). The van der Waals surface area contributed by atoms with Crippen LogP contribution in [0.3, 0.4) is 0 Å². The zero-order chi connectivity index (χ0) is 15.7. The first-order valence-electron chi connectivity index (χ1n) is 7.67. The van der Waals surface area contributed by atoms with Crippen LogP contribution in [0.4, 0.5) is 0 Å². The average Bonchev–Trinajstić information content (AvgIpc) is 3.13. The van der Waals surface area contributed by atoms with Gasteiger partial charge in [-0.3, -0.25) is 9.20 Å². The van der Waals surface area contributed by atoms with Crippen LogP contribution in [0.1, 0.15) is 44.3 Å². The number of hydrogen-bond acceptors (Lipinski definition) is 4. The summed E-state index contributed by atoms with van der Waals surface area (Å²) in [6.07, 6.45) is 9.60. The summed E-state index contributed by atoms with van der Waals surface area (Å²) in [4.78, 5) is 20.4. The molecule has 0 radical (unpaired) electrons. The third-order valence-corrected chi connectivity index (χ3v) is 4.98. The molecule has 1 aliphatic carbocycles. The molecule has 0 amide bonds. The van der Waals surface area contributed by atoms with Crippen molar-refractivity contribution in [2.75, 3.05) is 7.11 Å². The van der Waals surface area contributed by atoms with Crippen molar-refractivity contribution in [2.45, 2.75) is 38.5 Å². The van der Waals surface area contributed by atoms with E-state index in [1.165, 1.54) is 7.11 Å². The van der Waals surface area contributed by atoms with Gasteiger partial charge in [-0.25, -0.2) is 9.97 Å². The molecule has 5 nitrogen and oxygen atoms in total. The smallest absolute Gasteiger partial charge is 0.308 e. The van der Waals surface area contributed by atoms with E-state index in [1.807, 2.05) is 17.5 Å². The van der Waals surface area contributed by atoms with Crippen molar-refractivity contribution in [1.82, 2.24) is 14.4 Å². The Balaban J connectivity index is 1.86. The second kappa shape index (κ2) is 6.24. The molecule has 0 aliphatic heterocycles. The highest BCUT2D eigenvalue weighted by molar-refractivity contribution is 6.32. The second-order valence-corrected chi connectivity index (χ2v) is 6.41. The van der Waals surface area contributed by atoms with Crippen molar-refractivity contribution >= 4 is 23.1 Å². The van der Waals surface area contributed by atoms with E-state index in [1.54, 1.807) is 12.4 Å². The number of halogens is 1. The molecule has 0 saturated heterocycles. The number of rotatable bonds is 4. The number of hydrogen-bond donors (Lipinski definition) is 0. The van der Waals surface area contributed by atoms with Gasteiger partial charge in [0.25, 0.3) is 0 Å². The zero-order valence-corrected chi connectivity index (χ0v) is 13.6. The summed E-state index contributed by atoms with van der Waals surface area (Å²) >= 11 is 6.13. The minimum atomic E-state index is -0.133. The molecule has 1 fully saturated rings. The molecule has 1 aliphatic rings. The number of nitrogens with zero attached hydrogens (tertiary/aromatic N) is 3. The maximum absolute atomic E-state index is 11.7. The topological polar surface area (TPSA) is 56.5 Å². The molecule has 6 heteroatoms. The predicted molar refractivity (Wildman–Crippen MR) is 83.9 cm³/mol. The number of imidazole rings is 1. The number of aromatic nitrogens is 3. The molecule has 2 aromatic rings. The van der Waals surface area contributed by atoms with Gasteiger partial charge in [0.05, 0.1) is 19.2 Å². The normalized spacial score (nSPS) is 22.9. The molecule has 1 saturated carbocycles. The summed E-state index contributed by atoms with van der Waals surface area (Å²) in [7, 11) is 1.45. The largest absolute Gasteiger partial charge is 0.469 e. The minimum absolute atomic E-state index is 0.0768. The molecule has 3 unspecified atom stereocenters. The lowest BCUT2D eigenvalue weighted by atomic mass is 9.87. The summed E-state index contributed by atoms with van der Waals surface area (Å²) in [5, 5.41) is 0.471. The van der Waals surface area contributed by atoms with Gasteiger partial charge in [0.1, 0.15) is 11.3 Å². The number of esters is 1. The molecule has 22 heavy (non-hydrogen) atoms. The van der Waals surface area contributed by atoms with Gasteiger partial charge in [0.15, 0.2) is 5.15 Å². The van der Waals surface area contributed by atoms with E-state index in [4.69, 9.17) is 16.3 Å². The van der Waals surface area contributed by atoms with Crippen LogP contribution in [0, 0.1) is 11.8 Å². The Hall–Kier alpha value is -1.62. The van der Waals surface area contributed by atoms with Gasteiger partial charge in [0, 0.05) is 18.3 Å². The Morgan fingerprint density at radius 2 is 2.32 bits per heavy atom. The fourth-order valence-corrected chi connectivity index (χ4v) is 3.80. The van der Waals surface area contributed by atoms with E-state index < -0.39 is 0 Å². The molecular formula is C16H20ClN3O2. The number of fused-ring (bicyclic) bond motifs is 1. The quantitative estimate of drug-likeness (QED) is 0.809. The Labute approximate surface area is 134 Å². The SMILES string of the molecule is COC(=O)C(C)CC1CCCC1c1ncc2c(Cl)nccn12. The van der Waals surface area contributed by atoms with Crippen LogP contribution in [-0.2, 0) is 9.53 Å². The van der Waals surface area contributed by atoms with E-state index in [2.05, 4.69) is 9.97 Å². The molecule has 2 aromatic heterocycles. The lowest BCUT2D eigenvalue weighted by Gasteiger charge is -2.21. The van der Waals surface area contributed by atoms with Crippen LogP contribution in [-0.4, -0.2) is 27.4 Å². The third-order valence-electron chi connectivity index (χ3n) is 4.69. The Bertz CT molecular complexity index is 685. The second-order valence-electron chi connectivity index (χ2n) is 6.05. The summed E-state index contributed by atoms with van der Waals surface area (Å²) in [5.74, 6) is 1.62. The first kappa shape index (κ1) is 15.3. The van der Waals surface area contributed by atoms with Gasteiger partial charge >= 0.3 is 5.97 Å². The van der Waals surface area contributed by atoms with E-state index in [0.717, 1.165) is 37.0 Å². The van der Waals surface area contributed by atoms with Gasteiger partial charge < -0.3 is 4.74 Å². The van der Waals surface area contributed by atoms with Crippen LogP contribution < -0.4 is 0 Å². The Morgan fingerprint density at radius 1 is 1.50 bits per heavy atom. The molecule has 2 heterocycles. The van der Waals surface area contributed by atoms with E-state index in [0.29, 0.717) is 17.0 Å². The number of carbonyl (C=O) groups is 1. The molecule has 0 spiro atoms. The van der Waals surface area contributed by atoms with E-state index in [9.17, 15) is 4.79 Å². The predicted octanol–water partition coefficient (Wildman–Crippen LogP) is 3.47. The van der Waals surface area contributed by atoms with Crippen LogP contribution >= 0.6 is 11.6 Å². The fraction of sp³-hybridized carbons (Fsp3) is 0.562. The first-order chi connectivity index (χ1) is 10.6. The number of carbonyl (C=O) groups excluding carboxylic acids is 1. The zero-order valence-electron chi connectivity index (χ0n) is 12.8. The van der Waals surface area contributed by atoms with Gasteiger partial charge in [-0.1, -0.05) is 24.9 Å². The maximum Gasteiger partial charge on any atom is 0.308 e. The maximum atomic E-state index is 11.7. The van der Waals surface area contributed by atoms with E-state index in [-0.39, 0.29) is 11.9 Å². The van der Waals surface area contributed by atoms with Crippen molar-refractivity contribution in [3.63, 3.8) is 0 Å². The lowest BCUT2D eigenvalue weighted by molar-refractivity contribution is -0.145. The van der Waals surface area contributed by atoms with Crippen molar-refractivity contribution in [3.05, 3.63) is 29.6 Å². The van der Waals surface area contributed by atoms with Crippen molar-refractivity contribution in [2.24, 2.45) is 11.8 Å². The monoisotopic (exact) mass is 321 g/mol. The van der Waals surface area contributed by atoms with Crippen LogP contribution in [0.25, 0.3) is 5.52 Å². The van der Waals surface area contributed by atoms with Crippen LogP contribution in [0.5, 0.6) is 0 Å². The molecule has 0 aromatic carbocycles. The summed E-state index contributed by atoms with van der Waals surface area (Å²) in [6, 6.07) is 0. The van der Waals surface area contributed by atoms with E-state index >= 15 is 0 Å². The molecule has 3 atom stereocenters.